The highest BCUT2D eigenvalue weighted by atomic mass is 32.2. The molecule has 0 aliphatic rings. The van der Waals surface area contributed by atoms with Gasteiger partial charge in [-0.1, -0.05) is 0 Å². The first-order chi connectivity index (χ1) is 10.5. The number of halogens is 1. The molecule has 2 aromatic rings. The van der Waals surface area contributed by atoms with Gasteiger partial charge in [0.1, 0.15) is 11.6 Å². The van der Waals surface area contributed by atoms with Crippen molar-refractivity contribution in [1.29, 1.82) is 0 Å². The number of amides is 1. The van der Waals surface area contributed by atoms with E-state index in [0.29, 0.717) is 19.4 Å². The quantitative estimate of drug-likeness (QED) is 0.808. The van der Waals surface area contributed by atoms with Crippen LogP contribution in [0.15, 0.2) is 18.2 Å². The minimum Gasteiger partial charge on any atom is -0.354 e. The smallest absolute Gasteiger partial charge is 0.236 e. The molecule has 120 valence electrons. The molecule has 1 atom stereocenters. The van der Waals surface area contributed by atoms with Gasteiger partial charge in [-0.3, -0.25) is 4.79 Å². The molecule has 0 saturated carbocycles. The summed E-state index contributed by atoms with van der Waals surface area (Å²) in [6.07, 6.45) is 3.23. The van der Waals surface area contributed by atoms with Crippen LogP contribution < -0.4 is 11.1 Å². The normalized spacial score (nSPS) is 12.5. The van der Waals surface area contributed by atoms with Crippen LogP contribution >= 0.6 is 11.8 Å². The maximum atomic E-state index is 13.3. The Balaban J connectivity index is 1.92. The first kappa shape index (κ1) is 16.8. The monoisotopic (exact) mass is 324 g/mol. The van der Waals surface area contributed by atoms with E-state index in [1.54, 1.807) is 17.8 Å². The van der Waals surface area contributed by atoms with Crippen LogP contribution in [0.25, 0.3) is 11.0 Å². The molecule has 1 amide bonds. The molecule has 5 nitrogen and oxygen atoms in total. The molecule has 3 N–H and O–H groups in total. The highest BCUT2D eigenvalue weighted by Gasteiger charge is 2.13. The number of hydrogen-bond acceptors (Lipinski definition) is 4. The van der Waals surface area contributed by atoms with Gasteiger partial charge >= 0.3 is 0 Å². The number of carbonyl (C=O) groups excluding carboxylic acids is 1. The van der Waals surface area contributed by atoms with Crippen molar-refractivity contribution >= 4 is 28.7 Å². The lowest BCUT2D eigenvalue weighted by molar-refractivity contribution is -0.122. The van der Waals surface area contributed by atoms with Crippen LogP contribution in [0.4, 0.5) is 4.39 Å². The maximum absolute atomic E-state index is 13.3. The molecule has 0 fully saturated rings. The van der Waals surface area contributed by atoms with E-state index < -0.39 is 6.04 Å². The Hall–Kier alpha value is -1.60. The van der Waals surface area contributed by atoms with E-state index in [1.807, 2.05) is 17.9 Å². The standard InChI is InChI=1S/C15H21FN4OS/c1-20-13-9-10(16)3-4-12(13)19-14(20)5-7-18-15(21)11(17)6-8-22-2/h3-4,9,11H,5-8,17H2,1-2H3,(H,18,21)/t11-/m0/s1. The molecule has 0 aliphatic carbocycles. The van der Waals surface area contributed by atoms with Crippen molar-refractivity contribution < 1.29 is 9.18 Å². The number of benzene rings is 1. The second-order valence-corrected chi connectivity index (χ2v) is 6.13. The number of thioether (sulfide) groups is 1. The highest BCUT2D eigenvalue weighted by Crippen LogP contribution is 2.16. The third kappa shape index (κ3) is 3.98. The summed E-state index contributed by atoms with van der Waals surface area (Å²) in [4.78, 5) is 16.3. The molecule has 1 aromatic carbocycles. The second-order valence-electron chi connectivity index (χ2n) is 5.15. The second kappa shape index (κ2) is 7.60. The summed E-state index contributed by atoms with van der Waals surface area (Å²) in [5.41, 5.74) is 7.30. The minimum absolute atomic E-state index is 0.140. The number of fused-ring (bicyclic) bond motifs is 1. The molecule has 2 rings (SSSR count). The van der Waals surface area contributed by atoms with Crippen LogP contribution in [0.5, 0.6) is 0 Å². The molecule has 7 heteroatoms. The van der Waals surface area contributed by atoms with Crippen molar-refractivity contribution in [2.24, 2.45) is 12.8 Å². The van der Waals surface area contributed by atoms with E-state index in [1.165, 1.54) is 12.1 Å². The van der Waals surface area contributed by atoms with Crippen LogP contribution in [0.1, 0.15) is 12.2 Å². The third-order valence-electron chi connectivity index (χ3n) is 3.55. The third-order valence-corrected chi connectivity index (χ3v) is 4.20. The van der Waals surface area contributed by atoms with E-state index in [4.69, 9.17) is 5.73 Å². The topological polar surface area (TPSA) is 72.9 Å². The lowest BCUT2D eigenvalue weighted by Gasteiger charge is -2.11. The SMILES string of the molecule is CSCC[C@H](N)C(=O)NCCc1nc2ccc(F)cc2n1C. The molecular formula is C15H21FN4OS. The van der Waals surface area contributed by atoms with E-state index in [9.17, 15) is 9.18 Å². The lowest BCUT2D eigenvalue weighted by atomic mass is 10.2. The fourth-order valence-electron chi connectivity index (χ4n) is 2.24. The number of aryl methyl sites for hydroxylation is 1. The van der Waals surface area contributed by atoms with E-state index in [-0.39, 0.29) is 11.7 Å². The number of imidazole rings is 1. The summed E-state index contributed by atoms with van der Waals surface area (Å²) >= 11 is 1.67. The fraction of sp³-hybridized carbons (Fsp3) is 0.467. The van der Waals surface area contributed by atoms with Crippen LogP contribution in [-0.2, 0) is 18.3 Å². The van der Waals surface area contributed by atoms with Crippen molar-refractivity contribution in [2.45, 2.75) is 18.9 Å². The molecule has 0 spiro atoms. The van der Waals surface area contributed by atoms with Crippen molar-refractivity contribution in [2.75, 3.05) is 18.6 Å². The summed E-state index contributed by atoms with van der Waals surface area (Å²) in [6, 6.07) is 4.04. The van der Waals surface area contributed by atoms with E-state index in [0.717, 1.165) is 22.6 Å². The number of nitrogens with zero attached hydrogens (tertiary/aromatic N) is 2. The Bertz CT molecular complexity index is 658. The van der Waals surface area contributed by atoms with Crippen LogP contribution in [0.3, 0.4) is 0 Å². The zero-order chi connectivity index (χ0) is 16.1. The molecule has 0 bridgehead atoms. The number of aromatic nitrogens is 2. The summed E-state index contributed by atoms with van der Waals surface area (Å²) in [7, 11) is 1.84. The van der Waals surface area contributed by atoms with Gasteiger partial charge in [0, 0.05) is 20.0 Å². The Labute approximate surface area is 133 Å². The van der Waals surface area contributed by atoms with Gasteiger partial charge in [0.25, 0.3) is 0 Å². The van der Waals surface area contributed by atoms with Gasteiger partial charge in [0.05, 0.1) is 17.1 Å². The van der Waals surface area contributed by atoms with E-state index in [2.05, 4.69) is 10.3 Å². The fourth-order valence-corrected chi connectivity index (χ4v) is 2.73. The number of nitrogens with two attached hydrogens (primary N) is 1. The Morgan fingerprint density at radius 3 is 3.05 bits per heavy atom. The Morgan fingerprint density at radius 1 is 1.55 bits per heavy atom. The molecule has 0 unspecified atom stereocenters. The lowest BCUT2D eigenvalue weighted by Crippen LogP contribution is -2.41. The number of hydrogen-bond donors (Lipinski definition) is 2. The number of nitrogens with one attached hydrogen (secondary N) is 1. The van der Waals surface area contributed by atoms with Gasteiger partial charge in [0.15, 0.2) is 0 Å². The van der Waals surface area contributed by atoms with Crippen molar-refractivity contribution in [3.63, 3.8) is 0 Å². The molecule has 1 heterocycles. The predicted molar refractivity (Wildman–Crippen MR) is 88.4 cm³/mol. The Kier molecular flexibility index (Phi) is 5.79. The van der Waals surface area contributed by atoms with Crippen LogP contribution in [-0.4, -0.2) is 40.1 Å². The van der Waals surface area contributed by atoms with Crippen molar-refractivity contribution in [1.82, 2.24) is 14.9 Å². The summed E-state index contributed by atoms with van der Waals surface area (Å²) in [5.74, 6) is 1.25. The summed E-state index contributed by atoms with van der Waals surface area (Å²) in [6.45, 7) is 0.464. The first-order valence-corrected chi connectivity index (χ1v) is 8.55. The summed E-state index contributed by atoms with van der Waals surface area (Å²) in [5, 5.41) is 2.82. The summed E-state index contributed by atoms with van der Waals surface area (Å²) < 4.78 is 15.1. The zero-order valence-electron chi connectivity index (χ0n) is 12.8. The van der Waals surface area contributed by atoms with Gasteiger partial charge in [0.2, 0.25) is 5.91 Å². The predicted octanol–water partition coefficient (Wildman–Crippen LogP) is 1.45. The molecule has 0 saturated heterocycles. The highest BCUT2D eigenvalue weighted by molar-refractivity contribution is 7.98. The van der Waals surface area contributed by atoms with Crippen molar-refractivity contribution in [3.8, 4) is 0 Å². The first-order valence-electron chi connectivity index (χ1n) is 7.16. The zero-order valence-corrected chi connectivity index (χ0v) is 13.6. The largest absolute Gasteiger partial charge is 0.354 e. The average molecular weight is 324 g/mol. The minimum atomic E-state index is -0.470. The number of carbonyl (C=O) groups is 1. The van der Waals surface area contributed by atoms with Gasteiger partial charge in [-0.25, -0.2) is 9.37 Å². The molecule has 1 aromatic heterocycles. The van der Waals surface area contributed by atoms with Gasteiger partial charge in [-0.05, 0) is 36.6 Å². The Morgan fingerprint density at radius 2 is 2.32 bits per heavy atom. The molecular weight excluding hydrogens is 303 g/mol. The van der Waals surface area contributed by atoms with E-state index >= 15 is 0 Å². The van der Waals surface area contributed by atoms with Gasteiger partial charge < -0.3 is 15.6 Å². The average Bonchev–Trinajstić information content (AvgIpc) is 2.81. The molecule has 0 aliphatic heterocycles. The van der Waals surface area contributed by atoms with Gasteiger partial charge in [-0.2, -0.15) is 11.8 Å². The maximum Gasteiger partial charge on any atom is 0.236 e. The van der Waals surface area contributed by atoms with Gasteiger partial charge in [-0.15, -0.1) is 0 Å². The molecule has 0 radical (unpaired) electrons. The molecule has 22 heavy (non-hydrogen) atoms. The van der Waals surface area contributed by atoms with Crippen LogP contribution in [0, 0.1) is 5.82 Å². The van der Waals surface area contributed by atoms with Crippen molar-refractivity contribution in [3.05, 3.63) is 29.8 Å². The number of rotatable bonds is 7. The van der Waals surface area contributed by atoms with Crippen LogP contribution in [0.2, 0.25) is 0 Å².